The largest absolute Gasteiger partial charge is 0.508 e. The van der Waals surface area contributed by atoms with E-state index in [1.165, 1.54) is 0 Å². The first-order chi connectivity index (χ1) is 6.15. The first kappa shape index (κ1) is 9.56. The SMILES string of the molecule is CN(C)C(C#N)c1cccc(O)c1. The molecule has 0 saturated carbocycles. The predicted molar refractivity (Wildman–Crippen MR) is 50.1 cm³/mol. The Morgan fingerprint density at radius 1 is 1.46 bits per heavy atom. The summed E-state index contributed by atoms with van der Waals surface area (Å²) < 4.78 is 0. The van der Waals surface area contributed by atoms with E-state index >= 15 is 0 Å². The number of benzene rings is 1. The molecule has 3 heteroatoms. The summed E-state index contributed by atoms with van der Waals surface area (Å²) in [5, 5.41) is 18.1. The van der Waals surface area contributed by atoms with E-state index in [1.54, 1.807) is 23.1 Å². The molecule has 1 unspecified atom stereocenters. The molecule has 0 fully saturated rings. The molecule has 1 atom stereocenters. The Morgan fingerprint density at radius 2 is 2.15 bits per heavy atom. The minimum absolute atomic E-state index is 0.194. The smallest absolute Gasteiger partial charge is 0.123 e. The summed E-state index contributed by atoms with van der Waals surface area (Å²) >= 11 is 0. The fourth-order valence-electron chi connectivity index (χ4n) is 1.18. The molecule has 0 heterocycles. The van der Waals surface area contributed by atoms with Crippen molar-refractivity contribution >= 4 is 0 Å². The molecule has 0 aliphatic heterocycles. The average molecular weight is 176 g/mol. The highest BCUT2D eigenvalue weighted by atomic mass is 16.3. The van der Waals surface area contributed by atoms with E-state index in [0.717, 1.165) is 5.56 Å². The van der Waals surface area contributed by atoms with Gasteiger partial charge in [-0.3, -0.25) is 4.90 Å². The van der Waals surface area contributed by atoms with Gasteiger partial charge in [-0.25, -0.2) is 0 Å². The molecule has 0 bridgehead atoms. The van der Waals surface area contributed by atoms with Crippen molar-refractivity contribution in [1.29, 1.82) is 5.26 Å². The Bertz CT molecular complexity index is 328. The lowest BCUT2D eigenvalue weighted by atomic mass is 10.1. The number of rotatable bonds is 2. The molecule has 0 aromatic heterocycles. The van der Waals surface area contributed by atoms with E-state index in [4.69, 9.17) is 5.26 Å². The van der Waals surface area contributed by atoms with Crippen LogP contribution < -0.4 is 0 Å². The van der Waals surface area contributed by atoms with Gasteiger partial charge in [-0.15, -0.1) is 0 Å². The molecule has 1 rings (SSSR count). The van der Waals surface area contributed by atoms with Crippen molar-refractivity contribution in [2.45, 2.75) is 6.04 Å². The highest BCUT2D eigenvalue weighted by Gasteiger charge is 2.12. The molecule has 0 aliphatic carbocycles. The predicted octanol–water partition coefficient (Wildman–Crippen LogP) is 1.52. The highest BCUT2D eigenvalue weighted by molar-refractivity contribution is 5.31. The Balaban J connectivity index is 3.00. The molecule has 13 heavy (non-hydrogen) atoms. The summed E-state index contributed by atoms with van der Waals surface area (Å²) in [5.41, 5.74) is 0.813. The van der Waals surface area contributed by atoms with Crippen molar-refractivity contribution < 1.29 is 5.11 Å². The fraction of sp³-hybridized carbons (Fsp3) is 0.300. The van der Waals surface area contributed by atoms with Crippen molar-refractivity contribution in [2.24, 2.45) is 0 Å². The van der Waals surface area contributed by atoms with Gasteiger partial charge in [0.2, 0.25) is 0 Å². The zero-order valence-electron chi connectivity index (χ0n) is 7.73. The number of hydrogen-bond acceptors (Lipinski definition) is 3. The van der Waals surface area contributed by atoms with Gasteiger partial charge in [0.1, 0.15) is 11.8 Å². The Kier molecular flexibility index (Phi) is 2.88. The molecule has 1 aromatic rings. The molecule has 0 saturated heterocycles. The summed E-state index contributed by atoms with van der Waals surface area (Å²) in [7, 11) is 3.66. The van der Waals surface area contributed by atoms with Crippen LogP contribution in [0.5, 0.6) is 5.75 Å². The van der Waals surface area contributed by atoms with Gasteiger partial charge in [0.15, 0.2) is 0 Å². The van der Waals surface area contributed by atoms with Crippen LogP contribution in [0.1, 0.15) is 11.6 Å². The minimum atomic E-state index is -0.299. The van der Waals surface area contributed by atoms with Crippen LogP contribution in [0.25, 0.3) is 0 Å². The maximum atomic E-state index is 9.21. The first-order valence-electron chi connectivity index (χ1n) is 4.00. The first-order valence-corrected chi connectivity index (χ1v) is 4.00. The van der Waals surface area contributed by atoms with E-state index in [-0.39, 0.29) is 11.8 Å². The standard InChI is InChI=1S/C10H12N2O/c1-12(2)10(7-11)8-4-3-5-9(13)6-8/h3-6,10,13H,1-2H3. The van der Waals surface area contributed by atoms with Crippen LogP contribution >= 0.6 is 0 Å². The zero-order chi connectivity index (χ0) is 9.84. The van der Waals surface area contributed by atoms with Gasteiger partial charge in [0, 0.05) is 0 Å². The van der Waals surface area contributed by atoms with Gasteiger partial charge < -0.3 is 5.11 Å². The van der Waals surface area contributed by atoms with Crippen LogP contribution in [0.15, 0.2) is 24.3 Å². The minimum Gasteiger partial charge on any atom is -0.508 e. The molecule has 0 aliphatic rings. The molecule has 0 spiro atoms. The third-order valence-electron chi connectivity index (χ3n) is 1.82. The number of hydrogen-bond donors (Lipinski definition) is 1. The topological polar surface area (TPSA) is 47.3 Å². The van der Waals surface area contributed by atoms with Gasteiger partial charge in [0.05, 0.1) is 6.07 Å². The fourth-order valence-corrected chi connectivity index (χ4v) is 1.18. The molecular weight excluding hydrogens is 164 g/mol. The molecule has 1 N–H and O–H groups in total. The van der Waals surface area contributed by atoms with Crippen LogP contribution in [-0.4, -0.2) is 24.1 Å². The summed E-state index contributed by atoms with van der Waals surface area (Å²) in [6.45, 7) is 0. The van der Waals surface area contributed by atoms with Gasteiger partial charge in [-0.2, -0.15) is 5.26 Å². The molecule has 3 nitrogen and oxygen atoms in total. The van der Waals surface area contributed by atoms with Crippen molar-refractivity contribution in [3.05, 3.63) is 29.8 Å². The number of aromatic hydroxyl groups is 1. The van der Waals surface area contributed by atoms with E-state index in [0.29, 0.717) is 0 Å². The van der Waals surface area contributed by atoms with Crippen molar-refractivity contribution in [2.75, 3.05) is 14.1 Å². The lowest BCUT2D eigenvalue weighted by Gasteiger charge is -2.17. The average Bonchev–Trinajstić information content (AvgIpc) is 2.04. The van der Waals surface area contributed by atoms with Crippen LogP contribution in [-0.2, 0) is 0 Å². The van der Waals surface area contributed by atoms with Crippen LogP contribution in [0.4, 0.5) is 0 Å². The van der Waals surface area contributed by atoms with Gasteiger partial charge in [-0.05, 0) is 31.8 Å². The second-order valence-corrected chi connectivity index (χ2v) is 3.09. The van der Waals surface area contributed by atoms with Crippen LogP contribution in [0, 0.1) is 11.3 Å². The second kappa shape index (κ2) is 3.92. The summed E-state index contributed by atoms with van der Waals surface area (Å²) in [6, 6.07) is 8.62. The lowest BCUT2D eigenvalue weighted by molar-refractivity contribution is 0.357. The Labute approximate surface area is 77.8 Å². The summed E-state index contributed by atoms with van der Waals surface area (Å²) in [5.74, 6) is 0.194. The van der Waals surface area contributed by atoms with E-state index in [2.05, 4.69) is 6.07 Å². The second-order valence-electron chi connectivity index (χ2n) is 3.09. The van der Waals surface area contributed by atoms with Gasteiger partial charge >= 0.3 is 0 Å². The van der Waals surface area contributed by atoms with Crippen LogP contribution in [0.3, 0.4) is 0 Å². The van der Waals surface area contributed by atoms with Crippen molar-refractivity contribution in [1.82, 2.24) is 4.90 Å². The number of nitrogens with zero attached hydrogens (tertiary/aromatic N) is 2. The molecular formula is C10H12N2O. The number of phenols is 1. The van der Waals surface area contributed by atoms with E-state index in [9.17, 15) is 5.11 Å². The van der Waals surface area contributed by atoms with E-state index < -0.39 is 0 Å². The third-order valence-corrected chi connectivity index (χ3v) is 1.82. The Morgan fingerprint density at radius 3 is 2.62 bits per heavy atom. The normalized spacial score (nSPS) is 12.5. The molecule has 68 valence electrons. The molecule has 0 radical (unpaired) electrons. The third kappa shape index (κ3) is 2.20. The monoisotopic (exact) mass is 176 g/mol. The highest BCUT2D eigenvalue weighted by Crippen LogP contribution is 2.20. The van der Waals surface area contributed by atoms with Crippen molar-refractivity contribution in [3.8, 4) is 11.8 Å². The van der Waals surface area contributed by atoms with Gasteiger partial charge in [-0.1, -0.05) is 12.1 Å². The molecule has 1 aromatic carbocycles. The molecule has 0 amide bonds. The quantitative estimate of drug-likeness (QED) is 0.743. The Hall–Kier alpha value is -1.53. The maximum Gasteiger partial charge on any atom is 0.123 e. The maximum absolute atomic E-state index is 9.21. The zero-order valence-corrected chi connectivity index (χ0v) is 7.73. The van der Waals surface area contributed by atoms with Crippen molar-refractivity contribution in [3.63, 3.8) is 0 Å². The summed E-state index contributed by atoms with van der Waals surface area (Å²) in [6.07, 6.45) is 0. The number of phenolic OH excluding ortho intramolecular Hbond substituents is 1. The number of nitriles is 1. The van der Waals surface area contributed by atoms with Crippen LogP contribution in [0.2, 0.25) is 0 Å². The van der Waals surface area contributed by atoms with E-state index in [1.807, 2.05) is 20.2 Å². The lowest BCUT2D eigenvalue weighted by Crippen LogP contribution is -2.17. The van der Waals surface area contributed by atoms with Gasteiger partial charge in [0.25, 0.3) is 0 Å². The summed E-state index contributed by atoms with van der Waals surface area (Å²) in [4.78, 5) is 1.80.